The van der Waals surface area contributed by atoms with Crippen LogP contribution in [0.3, 0.4) is 0 Å². The van der Waals surface area contributed by atoms with Gasteiger partial charge in [-0.15, -0.1) is 11.8 Å². The summed E-state index contributed by atoms with van der Waals surface area (Å²) >= 11 is 1.72. The van der Waals surface area contributed by atoms with Gasteiger partial charge in [0.15, 0.2) is 0 Å². The molecule has 0 aliphatic rings. The number of carbonyl (C=O) groups excluding carboxylic acids is 2. The topological polar surface area (TPSA) is 49.4 Å². The first-order chi connectivity index (χ1) is 8.57. The standard InChI is InChI=1S/C11H24N2OS.C3H6O/c1-7-13(6)10(14)9(2)15-11(3,4)8-12-5;1-3(2)4/h9,12H,7-8H2,1-6H3;1-2H3. The third kappa shape index (κ3) is 12.2. The lowest BCUT2D eigenvalue weighted by Crippen LogP contribution is -2.38. The molecule has 114 valence electrons. The monoisotopic (exact) mass is 290 g/mol. The van der Waals surface area contributed by atoms with Gasteiger partial charge in [0, 0.05) is 24.9 Å². The van der Waals surface area contributed by atoms with Crippen LogP contribution in [0.4, 0.5) is 0 Å². The van der Waals surface area contributed by atoms with E-state index in [-0.39, 0.29) is 21.7 Å². The third-order valence-electron chi connectivity index (χ3n) is 2.30. The maximum absolute atomic E-state index is 11.8. The normalized spacial score (nSPS) is 12.2. The summed E-state index contributed by atoms with van der Waals surface area (Å²) in [4.78, 5) is 23.1. The number of ketones is 1. The molecule has 0 saturated heterocycles. The Labute approximate surface area is 122 Å². The van der Waals surface area contributed by atoms with Crippen molar-refractivity contribution in [2.75, 3.05) is 27.2 Å². The van der Waals surface area contributed by atoms with Crippen LogP contribution in [0.25, 0.3) is 0 Å². The van der Waals surface area contributed by atoms with Crippen molar-refractivity contribution in [3.8, 4) is 0 Å². The first-order valence-electron chi connectivity index (χ1n) is 6.62. The van der Waals surface area contributed by atoms with E-state index in [1.54, 1.807) is 16.7 Å². The van der Waals surface area contributed by atoms with Crippen molar-refractivity contribution in [1.29, 1.82) is 0 Å². The van der Waals surface area contributed by atoms with Gasteiger partial charge in [0.25, 0.3) is 0 Å². The van der Waals surface area contributed by atoms with Crippen LogP contribution >= 0.6 is 11.8 Å². The lowest BCUT2D eigenvalue weighted by Gasteiger charge is -2.28. The molecule has 0 rings (SSSR count). The van der Waals surface area contributed by atoms with Gasteiger partial charge in [0.05, 0.1) is 5.25 Å². The maximum atomic E-state index is 11.8. The molecule has 0 aliphatic heterocycles. The van der Waals surface area contributed by atoms with Gasteiger partial charge in [-0.2, -0.15) is 0 Å². The summed E-state index contributed by atoms with van der Waals surface area (Å²) in [6.45, 7) is 13.0. The molecular weight excluding hydrogens is 260 g/mol. The molecule has 0 spiro atoms. The van der Waals surface area contributed by atoms with Gasteiger partial charge in [-0.25, -0.2) is 0 Å². The summed E-state index contributed by atoms with van der Waals surface area (Å²) in [5.74, 6) is 0.381. The van der Waals surface area contributed by atoms with Crippen molar-refractivity contribution >= 4 is 23.5 Å². The van der Waals surface area contributed by atoms with E-state index in [0.29, 0.717) is 0 Å². The van der Waals surface area contributed by atoms with E-state index >= 15 is 0 Å². The van der Waals surface area contributed by atoms with Crippen LogP contribution in [-0.4, -0.2) is 53.8 Å². The molecule has 1 unspecified atom stereocenters. The van der Waals surface area contributed by atoms with Gasteiger partial charge >= 0.3 is 0 Å². The SMILES string of the molecule is CC(C)=O.CCN(C)C(=O)C(C)SC(C)(C)CNC. The lowest BCUT2D eigenvalue weighted by atomic mass is 10.2. The number of nitrogens with zero attached hydrogens (tertiary/aromatic N) is 1. The maximum Gasteiger partial charge on any atom is 0.235 e. The average Bonchev–Trinajstić information content (AvgIpc) is 2.25. The Hall–Kier alpha value is -0.550. The number of hydrogen-bond acceptors (Lipinski definition) is 4. The van der Waals surface area contributed by atoms with Gasteiger partial charge in [0.2, 0.25) is 5.91 Å². The number of thioether (sulfide) groups is 1. The largest absolute Gasteiger partial charge is 0.345 e. The van der Waals surface area contributed by atoms with Crippen LogP contribution in [0.5, 0.6) is 0 Å². The predicted molar refractivity (Wildman–Crippen MR) is 84.7 cm³/mol. The molecule has 1 atom stereocenters. The number of carbonyl (C=O) groups is 2. The molecule has 0 saturated carbocycles. The summed E-state index contributed by atoms with van der Waals surface area (Å²) in [6.07, 6.45) is 0. The van der Waals surface area contributed by atoms with E-state index in [9.17, 15) is 9.59 Å². The van der Waals surface area contributed by atoms with Gasteiger partial charge in [-0.05, 0) is 48.6 Å². The van der Waals surface area contributed by atoms with Gasteiger partial charge in [-0.3, -0.25) is 4.79 Å². The van der Waals surface area contributed by atoms with E-state index in [0.717, 1.165) is 13.1 Å². The Morgan fingerprint density at radius 3 is 2.05 bits per heavy atom. The Morgan fingerprint density at radius 1 is 1.32 bits per heavy atom. The molecule has 0 bridgehead atoms. The molecule has 0 radical (unpaired) electrons. The van der Waals surface area contributed by atoms with E-state index in [2.05, 4.69) is 19.2 Å². The van der Waals surface area contributed by atoms with Gasteiger partial charge in [-0.1, -0.05) is 0 Å². The number of hydrogen-bond donors (Lipinski definition) is 1. The first kappa shape index (κ1) is 20.8. The fourth-order valence-corrected chi connectivity index (χ4v) is 2.93. The second kappa shape index (κ2) is 10.3. The molecule has 0 fully saturated rings. The quantitative estimate of drug-likeness (QED) is 0.814. The van der Waals surface area contributed by atoms with E-state index in [4.69, 9.17) is 0 Å². The van der Waals surface area contributed by atoms with E-state index < -0.39 is 0 Å². The van der Waals surface area contributed by atoms with Crippen molar-refractivity contribution in [3.63, 3.8) is 0 Å². The second-order valence-corrected chi connectivity index (χ2v) is 7.36. The Kier molecular flexibility index (Phi) is 11.2. The molecular formula is C14H30N2O2S. The highest BCUT2D eigenvalue weighted by molar-refractivity contribution is 8.01. The average molecular weight is 290 g/mol. The Morgan fingerprint density at radius 2 is 1.74 bits per heavy atom. The second-order valence-electron chi connectivity index (χ2n) is 5.31. The number of rotatable bonds is 6. The number of nitrogens with one attached hydrogen (secondary N) is 1. The summed E-state index contributed by atoms with van der Waals surface area (Å²) in [7, 11) is 3.79. The van der Waals surface area contributed by atoms with Crippen LogP contribution in [0, 0.1) is 0 Å². The summed E-state index contributed by atoms with van der Waals surface area (Å²) < 4.78 is 0.0956. The Balaban J connectivity index is 0. The van der Waals surface area contributed by atoms with Crippen LogP contribution < -0.4 is 5.32 Å². The molecule has 4 nitrogen and oxygen atoms in total. The van der Waals surface area contributed by atoms with E-state index in [1.165, 1.54) is 13.8 Å². The molecule has 0 aromatic rings. The van der Waals surface area contributed by atoms with Crippen molar-refractivity contribution in [1.82, 2.24) is 10.2 Å². The predicted octanol–water partition coefficient (Wildman–Crippen LogP) is 2.18. The molecule has 1 amide bonds. The minimum absolute atomic E-state index is 0.0262. The summed E-state index contributed by atoms with van der Waals surface area (Å²) in [6, 6.07) is 0. The molecule has 5 heteroatoms. The zero-order valence-electron chi connectivity index (χ0n) is 13.7. The lowest BCUT2D eigenvalue weighted by molar-refractivity contribution is -0.128. The fourth-order valence-electron chi connectivity index (χ4n) is 1.46. The van der Waals surface area contributed by atoms with Crippen LogP contribution in [0.15, 0.2) is 0 Å². The van der Waals surface area contributed by atoms with Crippen LogP contribution in [-0.2, 0) is 9.59 Å². The summed E-state index contributed by atoms with van der Waals surface area (Å²) in [5.41, 5.74) is 0. The van der Waals surface area contributed by atoms with E-state index in [1.807, 2.05) is 27.9 Å². The number of Topliss-reactive ketones (excluding diaryl/α,β-unsaturated/α-hetero) is 1. The minimum atomic E-state index is 0.0262. The first-order valence-corrected chi connectivity index (χ1v) is 7.50. The smallest absolute Gasteiger partial charge is 0.235 e. The van der Waals surface area contributed by atoms with Crippen molar-refractivity contribution in [2.24, 2.45) is 0 Å². The molecule has 0 aromatic carbocycles. The van der Waals surface area contributed by atoms with Crippen LogP contribution in [0.1, 0.15) is 41.5 Å². The zero-order chi connectivity index (χ0) is 15.6. The highest BCUT2D eigenvalue weighted by Crippen LogP contribution is 2.28. The zero-order valence-corrected chi connectivity index (χ0v) is 14.5. The molecule has 19 heavy (non-hydrogen) atoms. The van der Waals surface area contributed by atoms with Gasteiger partial charge in [0.1, 0.15) is 5.78 Å². The van der Waals surface area contributed by atoms with Crippen molar-refractivity contribution < 1.29 is 9.59 Å². The molecule has 0 heterocycles. The summed E-state index contributed by atoms with van der Waals surface area (Å²) in [5, 5.41) is 3.18. The molecule has 0 aromatic heterocycles. The number of amides is 1. The van der Waals surface area contributed by atoms with Crippen LogP contribution in [0.2, 0.25) is 0 Å². The molecule has 1 N–H and O–H groups in total. The molecule has 0 aliphatic carbocycles. The van der Waals surface area contributed by atoms with Crippen molar-refractivity contribution in [2.45, 2.75) is 51.5 Å². The Bertz CT molecular complexity index is 277. The highest BCUT2D eigenvalue weighted by Gasteiger charge is 2.26. The fraction of sp³-hybridized carbons (Fsp3) is 0.857. The minimum Gasteiger partial charge on any atom is -0.345 e. The third-order valence-corrected chi connectivity index (χ3v) is 3.63. The highest BCUT2D eigenvalue weighted by atomic mass is 32.2. The van der Waals surface area contributed by atoms with Gasteiger partial charge < -0.3 is 15.0 Å². The van der Waals surface area contributed by atoms with Crippen molar-refractivity contribution in [3.05, 3.63) is 0 Å².